The molecule has 0 spiro atoms. The zero-order chi connectivity index (χ0) is 18.2. The summed E-state index contributed by atoms with van der Waals surface area (Å²) in [5, 5.41) is 11.5. The number of nitrogens with one attached hydrogen (secondary N) is 1. The third-order valence-corrected chi connectivity index (χ3v) is 4.91. The third kappa shape index (κ3) is 14.6. The van der Waals surface area contributed by atoms with Crippen LogP contribution in [0.5, 0.6) is 0 Å². The standard InChI is InChI=1S/C19H35NO3S/c1-4-5-6-7-8-9-10-11-12-16(2)13-14-24-15-18(19(22)23)20-17(3)21/h13,18H,4-12,14-15H2,1-3H3,(H,20,21)(H,22,23)/t18-/m0/s1. The Labute approximate surface area is 151 Å². The fourth-order valence-electron chi connectivity index (χ4n) is 2.45. The van der Waals surface area contributed by atoms with Crippen molar-refractivity contribution in [2.75, 3.05) is 11.5 Å². The number of allylic oxidation sites excluding steroid dienone is 1. The van der Waals surface area contributed by atoms with E-state index in [4.69, 9.17) is 5.11 Å². The van der Waals surface area contributed by atoms with Crippen molar-refractivity contribution in [1.29, 1.82) is 0 Å². The molecule has 0 saturated carbocycles. The minimum Gasteiger partial charge on any atom is -0.480 e. The Morgan fingerprint density at radius 1 is 1.04 bits per heavy atom. The fourth-order valence-corrected chi connectivity index (χ4v) is 3.45. The number of rotatable bonds is 15. The first-order chi connectivity index (χ1) is 11.5. The van der Waals surface area contributed by atoms with E-state index in [0.717, 1.165) is 12.2 Å². The Kier molecular flexibility index (Phi) is 14.9. The van der Waals surface area contributed by atoms with E-state index in [-0.39, 0.29) is 5.91 Å². The molecule has 0 fully saturated rings. The Hall–Kier alpha value is -0.970. The number of hydrogen-bond donors (Lipinski definition) is 2. The van der Waals surface area contributed by atoms with Crippen LogP contribution in [0.1, 0.15) is 78.6 Å². The molecular weight excluding hydrogens is 322 g/mol. The molecule has 1 atom stereocenters. The summed E-state index contributed by atoms with van der Waals surface area (Å²) in [4.78, 5) is 22.0. The van der Waals surface area contributed by atoms with Gasteiger partial charge in [-0.25, -0.2) is 4.79 Å². The number of thioether (sulfide) groups is 1. The van der Waals surface area contributed by atoms with Gasteiger partial charge in [0.05, 0.1) is 0 Å². The number of amides is 1. The van der Waals surface area contributed by atoms with E-state index in [1.54, 1.807) is 11.8 Å². The van der Waals surface area contributed by atoms with E-state index in [0.29, 0.717) is 5.75 Å². The molecule has 140 valence electrons. The molecule has 0 saturated heterocycles. The highest BCUT2D eigenvalue weighted by atomic mass is 32.2. The molecule has 2 N–H and O–H groups in total. The van der Waals surface area contributed by atoms with Gasteiger partial charge in [0.1, 0.15) is 6.04 Å². The van der Waals surface area contributed by atoms with E-state index in [9.17, 15) is 9.59 Å². The number of carboxylic acid groups (broad SMARTS) is 1. The predicted molar refractivity (Wildman–Crippen MR) is 104 cm³/mol. The summed E-state index contributed by atoms with van der Waals surface area (Å²) in [5.41, 5.74) is 1.37. The minimum absolute atomic E-state index is 0.301. The maximum atomic E-state index is 11.0. The largest absolute Gasteiger partial charge is 0.480 e. The topological polar surface area (TPSA) is 66.4 Å². The van der Waals surface area contributed by atoms with E-state index in [1.807, 2.05) is 0 Å². The molecule has 0 radical (unpaired) electrons. The molecule has 0 aromatic carbocycles. The second-order valence-corrected chi connectivity index (χ2v) is 7.48. The maximum absolute atomic E-state index is 11.0. The highest BCUT2D eigenvalue weighted by Crippen LogP contribution is 2.14. The molecule has 0 aliphatic heterocycles. The highest BCUT2D eigenvalue weighted by molar-refractivity contribution is 7.99. The lowest BCUT2D eigenvalue weighted by Crippen LogP contribution is -2.41. The van der Waals surface area contributed by atoms with Crippen LogP contribution in [0.15, 0.2) is 11.6 Å². The van der Waals surface area contributed by atoms with Crippen LogP contribution in [0.2, 0.25) is 0 Å². The Balaban J connectivity index is 3.68. The number of carbonyl (C=O) groups excluding carboxylic acids is 1. The lowest BCUT2D eigenvalue weighted by molar-refractivity contribution is -0.140. The predicted octanol–water partition coefficient (Wildman–Crippen LogP) is 4.79. The van der Waals surface area contributed by atoms with E-state index in [1.165, 1.54) is 63.9 Å². The van der Waals surface area contributed by atoms with Crippen molar-refractivity contribution >= 4 is 23.6 Å². The molecule has 24 heavy (non-hydrogen) atoms. The van der Waals surface area contributed by atoms with E-state index in [2.05, 4.69) is 25.2 Å². The van der Waals surface area contributed by atoms with Crippen LogP contribution in [0.4, 0.5) is 0 Å². The molecule has 0 aromatic heterocycles. The highest BCUT2D eigenvalue weighted by Gasteiger charge is 2.17. The Morgan fingerprint density at radius 2 is 1.62 bits per heavy atom. The van der Waals surface area contributed by atoms with Gasteiger partial charge >= 0.3 is 5.97 Å². The molecule has 0 rings (SSSR count). The minimum atomic E-state index is -0.975. The number of carbonyl (C=O) groups is 2. The van der Waals surface area contributed by atoms with Gasteiger partial charge in [-0.15, -0.1) is 0 Å². The smallest absolute Gasteiger partial charge is 0.327 e. The third-order valence-electron chi connectivity index (χ3n) is 3.93. The second kappa shape index (κ2) is 15.6. The van der Waals surface area contributed by atoms with Crippen LogP contribution < -0.4 is 5.32 Å². The second-order valence-electron chi connectivity index (χ2n) is 6.40. The summed E-state index contributed by atoms with van der Waals surface area (Å²) in [6.45, 7) is 5.73. The molecule has 4 nitrogen and oxygen atoms in total. The van der Waals surface area contributed by atoms with Crippen LogP contribution in [-0.4, -0.2) is 34.5 Å². The monoisotopic (exact) mass is 357 g/mol. The normalized spacial score (nSPS) is 12.9. The van der Waals surface area contributed by atoms with Gasteiger partial charge in [0.2, 0.25) is 5.91 Å². The van der Waals surface area contributed by atoms with Crippen LogP contribution in [0.25, 0.3) is 0 Å². The first-order valence-electron chi connectivity index (χ1n) is 9.20. The van der Waals surface area contributed by atoms with Crippen molar-refractivity contribution in [3.05, 3.63) is 11.6 Å². The van der Waals surface area contributed by atoms with Gasteiger partial charge in [-0.05, 0) is 19.8 Å². The van der Waals surface area contributed by atoms with E-state index < -0.39 is 12.0 Å². The fraction of sp³-hybridized carbons (Fsp3) is 0.789. The zero-order valence-corrected chi connectivity index (χ0v) is 16.4. The van der Waals surface area contributed by atoms with Gasteiger partial charge in [0, 0.05) is 18.4 Å². The van der Waals surface area contributed by atoms with Gasteiger partial charge in [-0.3, -0.25) is 4.79 Å². The van der Waals surface area contributed by atoms with Crippen molar-refractivity contribution in [3.63, 3.8) is 0 Å². The number of unbranched alkanes of at least 4 members (excludes halogenated alkanes) is 7. The summed E-state index contributed by atoms with van der Waals surface area (Å²) in [7, 11) is 0. The van der Waals surface area contributed by atoms with Crippen molar-refractivity contribution in [3.8, 4) is 0 Å². The molecule has 0 bridgehead atoms. The zero-order valence-electron chi connectivity index (χ0n) is 15.6. The summed E-state index contributed by atoms with van der Waals surface area (Å²) in [6, 6.07) is -0.797. The van der Waals surface area contributed by atoms with Crippen molar-refractivity contribution in [2.45, 2.75) is 84.6 Å². The SMILES string of the molecule is CCCCCCCCCCC(C)=CCSC[C@H](NC(C)=O)C(=O)O. The van der Waals surface area contributed by atoms with Gasteiger partial charge in [-0.1, -0.05) is 63.5 Å². The number of hydrogen-bond acceptors (Lipinski definition) is 3. The van der Waals surface area contributed by atoms with Crippen molar-refractivity contribution in [1.82, 2.24) is 5.32 Å². The average molecular weight is 358 g/mol. The maximum Gasteiger partial charge on any atom is 0.327 e. The van der Waals surface area contributed by atoms with Crippen LogP contribution in [0, 0.1) is 0 Å². The first-order valence-corrected chi connectivity index (χ1v) is 10.4. The molecule has 0 aromatic rings. The summed E-state index contributed by atoms with van der Waals surface area (Å²) < 4.78 is 0. The Bertz CT molecular complexity index is 383. The van der Waals surface area contributed by atoms with Crippen LogP contribution >= 0.6 is 11.8 Å². The molecule has 0 heterocycles. The van der Waals surface area contributed by atoms with Crippen molar-refractivity contribution < 1.29 is 14.7 Å². The summed E-state index contributed by atoms with van der Waals surface area (Å²) >= 11 is 1.54. The van der Waals surface area contributed by atoms with Gasteiger partial charge in [0.15, 0.2) is 0 Å². The molecular formula is C19H35NO3S. The van der Waals surface area contributed by atoms with Gasteiger partial charge in [0.25, 0.3) is 0 Å². The molecule has 0 aliphatic carbocycles. The molecule has 5 heteroatoms. The lowest BCUT2D eigenvalue weighted by atomic mass is 10.0. The first kappa shape index (κ1) is 23.0. The van der Waals surface area contributed by atoms with Crippen molar-refractivity contribution in [2.24, 2.45) is 0 Å². The summed E-state index contributed by atoms with van der Waals surface area (Å²) in [6.07, 6.45) is 14.0. The molecule has 0 unspecified atom stereocenters. The number of aliphatic carboxylic acids is 1. The molecule has 0 aliphatic rings. The van der Waals surface area contributed by atoms with E-state index >= 15 is 0 Å². The Morgan fingerprint density at radius 3 is 2.17 bits per heavy atom. The average Bonchev–Trinajstić information content (AvgIpc) is 2.52. The van der Waals surface area contributed by atoms with Crippen LogP contribution in [0.3, 0.4) is 0 Å². The van der Waals surface area contributed by atoms with Crippen LogP contribution in [-0.2, 0) is 9.59 Å². The van der Waals surface area contributed by atoms with Gasteiger partial charge in [-0.2, -0.15) is 11.8 Å². The quantitative estimate of drug-likeness (QED) is 0.327. The molecule has 1 amide bonds. The van der Waals surface area contributed by atoms with Gasteiger partial charge < -0.3 is 10.4 Å². The number of carboxylic acids is 1. The summed E-state index contributed by atoms with van der Waals surface area (Å²) in [5.74, 6) is -0.0791. The lowest BCUT2D eigenvalue weighted by Gasteiger charge is -2.12.